The van der Waals surface area contributed by atoms with Crippen LogP contribution in [0.3, 0.4) is 0 Å². The van der Waals surface area contributed by atoms with Crippen LogP contribution in [-0.4, -0.2) is 109 Å². The number of carbonyl (C=O) groups excluding carboxylic acids is 5. The van der Waals surface area contributed by atoms with Gasteiger partial charge in [-0.1, -0.05) is 36.2 Å². The summed E-state index contributed by atoms with van der Waals surface area (Å²) in [5.41, 5.74) is 2.56. The minimum atomic E-state index is -3.59. The Labute approximate surface area is 367 Å². The number of amides is 5. The Hall–Kier alpha value is -5.52. The second-order valence-corrected chi connectivity index (χ2v) is 18.3. The number of anilines is 5. The second-order valence-electron chi connectivity index (χ2n) is 14.6. The lowest BCUT2D eigenvalue weighted by Crippen LogP contribution is -2.54. The number of imide groups is 2. The number of nitrogens with zero attached hydrogens (tertiary/aromatic N) is 5. The molecule has 3 aliphatic heterocycles. The Bertz CT molecular complexity index is 2430. The van der Waals surface area contributed by atoms with Crippen molar-refractivity contribution in [2.75, 3.05) is 68.8 Å². The van der Waals surface area contributed by atoms with E-state index in [-0.39, 0.29) is 41.1 Å². The van der Waals surface area contributed by atoms with E-state index in [9.17, 15) is 28.5 Å². The number of piperidine rings is 1. The Kier molecular flexibility index (Phi) is 14.1. The van der Waals surface area contributed by atoms with Crippen molar-refractivity contribution < 1.29 is 42.3 Å². The number of piperazine rings is 1. The van der Waals surface area contributed by atoms with Gasteiger partial charge in [-0.3, -0.25) is 38.8 Å². The molecule has 326 valence electrons. The fraction of sp³-hybridized carbons (Fsp3) is 0.357. The molecular formula is C42H46ClN8O9PS. The van der Waals surface area contributed by atoms with Crippen LogP contribution in [0.15, 0.2) is 71.8 Å². The summed E-state index contributed by atoms with van der Waals surface area (Å²) in [7, 11) is 0.617. The van der Waals surface area contributed by atoms with Crippen LogP contribution in [-0.2, 0) is 28.0 Å². The van der Waals surface area contributed by atoms with Crippen LogP contribution in [0, 0.1) is 0 Å². The highest BCUT2D eigenvalue weighted by molar-refractivity contribution is 7.99. The van der Waals surface area contributed by atoms with Gasteiger partial charge in [0.15, 0.2) is 5.82 Å². The summed E-state index contributed by atoms with van der Waals surface area (Å²) in [5, 5.41) is 9.09. The number of fused-ring (bicyclic) bond motifs is 1. The largest absolute Gasteiger partial charge is 0.494 e. The summed E-state index contributed by atoms with van der Waals surface area (Å²) in [6.07, 6.45) is 4.42. The molecule has 3 N–H and O–H groups in total. The third-order valence-electron chi connectivity index (χ3n) is 10.8. The Morgan fingerprint density at radius 1 is 0.919 bits per heavy atom. The number of hydrogen-bond acceptors (Lipinski definition) is 15. The molecule has 5 amide bonds. The molecule has 1 atom stereocenters. The minimum Gasteiger partial charge on any atom is -0.494 e. The predicted octanol–water partition coefficient (Wildman–Crippen LogP) is 6.14. The van der Waals surface area contributed by atoms with Crippen molar-refractivity contribution >= 4 is 94.6 Å². The van der Waals surface area contributed by atoms with Gasteiger partial charge in [0, 0.05) is 69.9 Å². The van der Waals surface area contributed by atoms with Crippen molar-refractivity contribution in [3.8, 4) is 5.75 Å². The van der Waals surface area contributed by atoms with Gasteiger partial charge in [0.05, 0.1) is 41.1 Å². The number of unbranched alkanes of at least 4 members (excludes halogenated alkanes) is 2. The highest BCUT2D eigenvalue weighted by Crippen LogP contribution is 2.47. The van der Waals surface area contributed by atoms with E-state index in [0.29, 0.717) is 71.2 Å². The maximum atomic E-state index is 13.4. The Morgan fingerprint density at radius 2 is 1.69 bits per heavy atom. The molecule has 4 aromatic rings. The molecule has 3 aliphatic rings. The summed E-state index contributed by atoms with van der Waals surface area (Å²) in [6.45, 7) is 2.47. The van der Waals surface area contributed by atoms with Gasteiger partial charge in [0.1, 0.15) is 16.8 Å². The maximum Gasteiger partial charge on any atom is 0.362 e. The summed E-state index contributed by atoms with van der Waals surface area (Å²) in [6, 6.07) is 16.7. The Balaban J connectivity index is 0.867. The number of benzene rings is 3. The van der Waals surface area contributed by atoms with Crippen molar-refractivity contribution in [1.29, 1.82) is 0 Å². The molecule has 0 saturated carbocycles. The summed E-state index contributed by atoms with van der Waals surface area (Å²) < 4.78 is 29.3. The number of methoxy groups -OCH3 is 1. The maximum absolute atomic E-state index is 13.4. The molecule has 3 aromatic carbocycles. The number of para-hydroxylation sites is 1. The highest BCUT2D eigenvalue weighted by Gasteiger charge is 2.45. The summed E-state index contributed by atoms with van der Waals surface area (Å²) >= 11 is 7.93. The zero-order valence-corrected chi connectivity index (χ0v) is 36.8. The first-order valence-corrected chi connectivity index (χ1v) is 22.9. The molecule has 1 unspecified atom stereocenters. The Morgan fingerprint density at radius 3 is 2.44 bits per heavy atom. The van der Waals surface area contributed by atoms with E-state index in [1.165, 1.54) is 32.2 Å². The van der Waals surface area contributed by atoms with Crippen molar-refractivity contribution in [3.63, 3.8) is 0 Å². The van der Waals surface area contributed by atoms with Crippen molar-refractivity contribution in [1.82, 2.24) is 25.1 Å². The van der Waals surface area contributed by atoms with Crippen LogP contribution in [0.4, 0.5) is 28.8 Å². The van der Waals surface area contributed by atoms with Crippen LogP contribution in [0.2, 0.25) is 5.02 Å². The predicted molar refractivity (Wildman–Crippen MR) is 235 cm³/mol. The van der Waals surface area contributed by atoms with E-state index in [0.717, 1.165) is 29.8 Å². The van der Waals surface area contributed by atoms with Crippen LogP contribution in [0.25, 0.3) is 0 Å². The summed E-state index contributed by atoms with van der Waals surface area (Å²) in [5.74, 6) is -0.217. The van der Waals surface area contributed by atoms with Crippen LogP contribution < -0.4 is 30.9 Å². The van der Waals surface area contributed by atoms with Crippen LogP contribution in [0.1, 0.15) is 59.2 Å². The van der Waals surface area contributed by atoms with E-state index in [1.807, 2.05) is 23.1 Å². The molecule has 7 rings (SSSR count). The molecule has 4 heterocycles. The fourth-order valence-electron chi connectivity index (χ4n) is 7.55. The van der Waals surface area contributed by atoms with E-state index in [2.05, 4.69) is 30.8 Å². The van der Waals surface area contributed by atoms with Gasteiger partial charge < -0.3 is 34.2 Å². The lowest BCUT2D eigenvalue weighted by atomic mass is 10.0. The van der Waals surface area contributed by atoms with Crippen molar-refractivity contribution in [2.45, 2.75) is 49.5 Å². The normalized spacial score (nSPS) is 16.6. The summed E-state index contributed by atoms with van der Waals surface area (Å²) in [4.78, 5) is 78.4. The topological polar surface area (TPSA) is 202 Å². The first-order chi connectivity index (χ1) is 29.9. The molecule has 1 aromatic heterocycles. The average molecular weight is 905 g/mol. The number of halogens is 1. The molecular weight excluding hydrogens is 859 g/mol. The zero-order valence-electron chi connectivity index (χ0n) is 34.4. The zero-order chi connectivity index (χ0) is 44.0. The molecule has 0 radical (unpaired) electrons. The monoisotopic (exact) mass is 904 g/mol. The quantitative estimate of drug-likeness (QED) is 0.0472. The number of nitrogens with one attached hydrogen (secondary N) is 3. The molecule has 2 fully saturated rings. The molecule has 20 heteroatoms. The van der Waals surface area contributed by atoms with Gasteiger partial charge >= 0.3 is 7.60 Å². The first-order valence-electron chi connectivity index (χ1n) is 20.0. The lowest BCUT2D eigenvalue weighted by molar-refractivity contribution is -0.136. The van der Waals surface area contributed by atoms with Gasteiger partial charge in [-0.05, 0) is 61.4 Å². The second kappa shape index (κ2) is 19.7. The smallest absolute Gasteiger partial charge is 0.362 e. The standard InChI is InChI=1S/C42H46ClN8O9PS/c1-58-32-24-26(15-16-29(32)46-42-44-25-28(43)38(48-42)45-30-11-6-7-12-33(30)61(57,59-2)60-3)49-19-21-50(22-20-49)36(53)14-5-4-8-23-62-34-13-9-10-27-37(34)41(56)51(40(27)55)31-17-18-35(52)47-39(31)54/h6-7,9-13,15-16,24-25,31H,4-5,8,14,17-23H2,1-3H3,(H,47,52,54)(H2,44,45,46,48). The van der Waals surface area contributed by atoms with E-state index >= 15 is 0 Å². The number of thioether (sulfide) groups is 1. The van der Waals surface area contributed by atoms with E-state index in [4.69, 9.17) is 25.4 Å². The number of ether oxygens (including phenoxy) is 1. The van der Waals surface area contributed by atoms with Crippen LogP contribution >= 0.6 is 31.0 Å². The molecule has 62 heavy (non-hydrogen) atoms. The molecule has 0 aliphatic carbocycles. The van der Waals surface area contributed by atoms with Gasteiger partial charge in [-0.25, -0.2) is 4.98 Å². The van der Waals surface area contributed by atoms with Gasteiger partial charge in [-0.15, -0.1) is 11.8 Å². The minimum absolute atomic E-state index is 0.0658. The van der Waals surface area contributed by atoms with E-state index < -0.39 is 37.3 Å². The van der Waals surface area contributed by atoms with Crippen LogP contribution in [0.5, 0.6) is 5.75 Å². The average Bonchev–Trinajstić information content (AvgIpc) is 3.54. The number of carbonyl (C=O) groups is 5. The molecule has 0 spiro atoms. The number of aromatic nitrogens is 2. The highest BCUT2D eigenvalue weighted by atomic mass is 35.5. The van der Waals surface area contributed by atoms with Gasteiger partial charge in [0.25, 0.3) is 11.8 Å². The first kappa shape index (κ1) is 44.5. The number of rotatable bonds is 17. The fourth-order valence-corrected chi connectivity index (χ4v) is 10.0. The lowest BCUT2D eigenvalue weighted by Gasteiger charge is -2.36. The molecule has 2 saturated heterocycles. The van der Waals surface area contributed by atoms with Crippen molar-refractivity contribution in [2.24, 2.45) is 0 Å². The molecule has 0 bridgehead atoms. The molecule has 17 nitrogen and oxygen atoms in total. The third kappa shape index (κ3) is 9.59. The van der Waals surface area contributed by atoms with Gasteiger partial charge in [-0.2, -0.15) is 4.98 Å². The van der Waals surface area contributed by atoms with Gasteiger partial charge in [0.2, 0.25) is 23.7 Å². The van der Waals surface area contributed by atoms with Crippen molar-refractivity contribution in [3.05, 3.63) is 83.0 Å². The number of hydrogen-bond donors (Lipinski definition) is 3. The van der Waals surface area contributed by atoms with E-state index in [1.54, 1.807) is 49.6 Å². The third-order valence-corrected chi connectivity index (χ3v) is 14.2. The SMILES string of the molecule is COc1cc(N2CCN(C(=O)CCCCCSc3cccc4c3C(=O)N(C3CCC(=O)NC3=O)C4=O)CC2)ccc1Nc1ncc(Cl)c(Nc2ccccc2P(=O)(OC)OC)n1.